The van der Waals surface area contributed by atoms with E-state index >= 15 is 0 Å². The van der Waals surface area contributed by atoms with E-state index in [-0.39, 0.29) is 12.4 Å². The SMILES string of the molecule is CCCONC(=COc1cccc(CC(=O)OC)c1)c1cccc(OC2CCCC2)c1. The fourth-order valence-corrected chi connectivity index (χ4v) is 3.41. The highest BCUT2D eigenvalue weighted by molar-refractivity contribution is 5.72. The van der Waals surface area contributed by atoms with Crippen molar-refractivity contribution in [2.45, 2.75) is 51.6 Å². The normalized spacial score (nSPS) is 14.3. The highest BCUT2D eigenvalue weighted by Gasteiger charge is 2.17. The third-order valence-corrected chi connectivity index (χ3v) is 5.03. The Balaban J connectivity index is 1.74. The molecule has 0 aliphatic heterocycles. The summed E-state index contributed by atoms with van der Waals surface area (Å²) in [6, 6.07) is 15.3. The molecule has 6 heteroatoms. The molecule has 6 nitrogen and oxygen atoms in total. The minimum absolute atomic E-state index is 0.197. The van der Waals surface area contributed by atoms with Gasteiger partial charge in [-0.15, -0.1) is 0 Å². The second kappa shape index (κ2) is 12.0. The fourth-order valence-electron chi connectivity index (χ4n) is 3.41. The van der Waals surface area contributed by atoms with Crippen LogP contribution in [-0.4, -0.2) is 25.8 Å². The molecule has 2 aromatic carbocycles. The number of hydrogen-bond acceptors (Lipinski definition) is 6. The molecule has 1 aliphatic carbocycles. The minimum Gasteiger partial charge on any atom is -0.490 e. The first-order valence-corrected chi connectivity index (χ1v) is 10.9. The molecule has 0 atom stereocenters. The van der Waals surface area contributed by atoms with Crippen LogP contribution < -0.4 is 15.0 Å². The van der Waals surface area contributed by atoms with Crippen LogP contribution in [0.1, 0.15) is 50.2 Å². The van der Waals surface area contributed by atoms with Crippen LogP contribution in [0.15, 0.2) is 54.8 Å². The van der Waals surface area contributed by atoms with Crippen molar-refractivity contribution in [3.05, 3.63) is 65.9 Å². The first kappa shape index (κ1) is 22.7. The van der Waals surface area contributed by atoms with Gasteiger partial charge in [0.15, 0.2) is 0 Å². The van der Waals surface area contributed by atoms with Gasteiger partial charge in [-0.1, -0.05) is 31.2 Å². The van der Waals surface area contributed by atoms with Gasteiger partial charge in [0.25, 0.3) is 0 Å². The van der Waals surface area contributed by atoms with E-state index in [1.165, 1.54) is 20.0 Å². The summed E-state index contributed by atoms with van der Waals surface area (Å²) in [5.74, 6) is 1.17. The first-order valence-electron chi connectivity index (χ1n) is 10.9. The first-order chi connectivity index (χ1) is 15.2. The van der Waals surface area contributed by atoms with Gasteiger partial charge in [0.2, 0.25) is 0 Å². The number of methoxy groups -OCH3 is 1. The standard InChI is InChI=1S/C25H31NO5/c1-3-14-30-26-24(18-29-22-12-6-8-19(15-22)16-25(27)28-2)20-9-7-13-23(17-20)31-21-10-4-5-11-21/h6-9,12-13,15,17-18,21,26H,3-5,10-11,14,16H2,1-2H3. The van der Waals surface area contributed by atoms with E-state index < -0.39 is 0 Å². The largest absolute Gasteiger partial charge is 0.490 e. The number of carbonyl (C=O) groups excluding carboxylic acids is 1. The van der Waals surface area contributed by atoms with Crippen molar-refractivity contribution in [1.82, 2.24) is 5.48 Å². The number of nitrogens with one attached hydrogen (secondary N) is 1. The van der Waals surface area contributed by atoms with E-state index in [1.54, 1.807) is 6.26 Å². The Morgan fingerprint density at radius 1 is 1.10 bits per heavy atom. The van der Waals surface area contributed by atoms with Crippen LogP contribution in [0.2, 0.25) is 0 Å². The molecule has 166 valence electrons. The molecule has 1 aliphatic rings. The Labute approximate surface area is 184 Å². The van der Waals surface area contributed by atoms with Gasteiger partial charge in [0.1, 0.15) is 23.5 Å². The quantitative estimate of drug-likeness (QED) is 0.236. The van der Waals surface area contributed by atoms with E-state index in [0.29, 0.717) is 24.2 Å². The molecule has 0 aromatic heterocycles. The van der Waals surface area contributed by atoms with E-state index in [2.05, 4.69) is 5.48 Å². The van der Waals surface area contributed by atoms with Gasteiger partial charge in [0, 0.05) is 5.56 Å². The molecule has 0 radical (unpaired) electrons. The maximum atomic E-state index is 11.5. The summed E-state index contributed by atoms with van der Waals surface area (Å²) in [7, 11) is 1.38. The lowest BCUT2D eigenvalue weighted by Crippen LogP contribution is -2.15. The summed E-state index contributed by atoms with van der Waals surface area (Å²) in [5, 5.41) is 0. The Morgan fingerprint density at radius 3 is 2.65 bits per heavy atom. The third kappa shape index (κ3) is 7.33. The van der Waals surface area contributed by atoms with E-state index in [9.17, 15) is 4.79 Å². The van der Waals surface area contributed by atoms with Crippen LogP contribution in [0.4, 0.5) is 0 Å². The van der Waals surface area contributed by atoms with Crippen LogP contribution in [-0.2, 0) is 20.8 Å². The Bertz CT molecular complexity index is 874. The predicted octanol–water partition coefficient (Wildman–Crippen LogP) is 5.03. The van der Waals surface area contributed by atoms with Crippen LogP contribution in [0.5, 0.6) is 11.5 Å². The van der Waals surface area contributed by atoms with Crippen LogP contribution in [0.25, 0.3) is 5.70 Å². The minimum atomic E-state index is -0.290. The van der Waals surface area contributed by atoms with Gasteiger partial charge in [-0.25, -0.2) is 0 Å². The molecule has 0 unspecified atom stereocenters. The summed E-state index contributed by atoms with van der Waals surface area (Å²) < 4.78 is 16.8. The zero-order valence-corrected chi connectivity index (χ0v) is 18.3. The van der Waals surface area contributed by atoms with Crippen LogP contribution in [0, 0.1) is 0 Å². The molecule has 2 aromatic rings. The topological polar surface area (TPSA) is 66.0 Å². The van der Waals surface area contributed by atoms with Crippen molar-refractivity contribution >= 4 is 11.7 Å². The van der Waals surface area contributed by atoms with E-state index in [0.717, 1.165) is 36.1 Å². The second-order valence-electron chi connectivity index (χ2n) is 7.55. The van der Waals surface area contributed by atoms with E-state index in [4.69, 9.17) is 19.0 Å². The molecule has 0 spiro atoms. The average molecular weight is 426 g/mol. The van der Waals surface area contributed by atoms with Gasteiger partial charge in [-0.05, 0) is 61.9 Å². The Kier molecular flexibility index (Phi) is 8.79. The number of hydrogen-bond donors (Lipinski definition) is 1. The monoisotopic (exact) mass is 425 g/mol. The number of benzene rings is 2. The van der Waals surface area contributed by atoms with Gasteiger partial charge in [-0.2, -0.15) is 0 Å². The number of ether oxygens (including phenoxy) is 3. The summed E-state index contributed by atoms with van der Waals surface area (Å²) >= 11 is 0. The summed E-state index contributed by atoms with van der Waals surface area (Å²) in [6.07, 6.45) is 7.66. The van der Waals surface area contributed by atoms with Crippen molar-refractivity contribution in [3.63, 3.8) is 0 Å². The lowest BCUT2D eigenvalue weighted by molar-refractivity contribution is -0.139. The zero-order chi connectivity index (χ0) is 21.9. The average Bonchev–Trinajstić information content (AvgIpc) is 3.29. The molecule has 0 saturated heterocycles. The smallest absolute Gasteiger partial charge is 0.309 e. The predicted molar refractivity (Wildman–Crippen MR) is 119 cm³/mol. The Morgan fingerprint density at radius 2 is 1.87 bits per heavy atom. The molecule has 31 heavy (non-hydrogen) atoms. The maximum Gasteiger partial charge on any atom is 0.309 e. The molecular weight excluding hydrogens is 394 g/mol. The second-order valence-corrected chi connectivity index (χ2v) is 7.55. The number of esters is 1. The van der Waals surface area contributed by atoms with Gasteiger partial charge in [-0.3, -0.25) is 15.1 Å². The summed E-state index contributed by atoms with van der Waals surface area (Å²) in [5.41, 5.74) is 5.40. The van der Waals surface area contributed by atoms with Gasteiger partial charge >= 0.3 is 5.97 Å². The highest BCUT2D eigenvalue weighted by Crippen LogP contribution is 2.26. The molecule has 0 heterocycles. The van der Waals surface area contributed by atoms with E-state index in [1.807, 2.05) is 55.5 Å². The van der Waals surface area contributed by atoms with Crippen molar-refractivity contribution in [2.24, 2.45) is 0 Å². The van der Waals surface area contributed by atoms with Gasteiger partial charge in [0.05, 0.1) is 26.2 Å². The van der Waals surface area contributed by atoms with Gasteiger partial charge < -0.3 is 14.2 Å². The molecule has 1 fully saturated rings. The van der Waals surface area contributed by atoms with Crippen molar-refractivity contribution in [1.29, 1.82) is 0 Å². The number of rotatable bonds is 11. The highest BCUT2D eigenvalue weighted by atomic mass is 16.6. The Hall–Kier alpha value is -2.99. The van der Waals surface area contributed by atoms with Crippen molar-refractivity contribution in [3.8, 4) is 11.5 Å². The summed E-state index contributed by atoms with van der Waals surface area (Å²) in [6.45, 7) is 2.62. The lowest BCUT2D eigenvalue weighted by Gasteiger charge is -2.16. The number of carbonyl (C=O) groups is 1. The molecule has 1 saturated carbocycles. The fraction of sp³-hybridized carbons (Fsp3) is 0.400. The maximum absolute atomic E-state index is 11.5. The lowest BCUT2D eigenvalue weighted by atomic mass is 10.1. The molecular formula is C25H31NO5. The summed E-state index contributed by atoms with van der Waals surface area (Å²) in [4.78, 5) is 17.1. The zero-order valence-electron chi connectivity index (χ0n) is 18.3. The molecule has 3 rings (SSSR count). The third-order valence-electron chi connectivity index (χ3n) is 5.03. The van der Waals surface area contributed by atoms with Crippen molar-refractivity contribution in [2.75, 3.05) is 13.7 Å². The van der Waals surface area contributed by atoms with Crippen LogP contribution >= 0.6 is 0 Å². The van der Waals surface area contributed by atoms with Crippen molar-refractivity contribution < 1.29 is 23.8 Å². The molecule has 0 bridgehead atoms. The molecule has 0 amide bonds. The van der Waals surface area contributed by atoms with Crippen LogP contribution in [0.3, 0.4) is 0 Å². The number of hydroxylamine groups is 1. The molecule has 1 N–H and O–H groups in total.